The Balaban J connectivity index is 0.00000324. The van der Waals surface area contributed by atoms with Crippen LogP contribution in [0.3, 0.4) is 0 Å². The van der Waals surface area contributed by atoms with Gasteiger partial charge < -0.3 is 22.3 Å². The lowest BCUT2D eigenvalue weighted by atomic mass is 10.2. The van der Waals surface area contributed by atoms with Crippen molar-refractivity contribution in [3.63, 3.8) is 0 Å². The van der Waals surface area contributed by atoms with Crippen molar-refractivity contribution >= 4 is 26.7 Å². The van der Waals surface area contributed by atoms with E-state index in [4.69, 9.17) is 4.74 Å². The summed E-state index contributed by atoms with van der Waals surface area (Å²) in [4.78, 5) is 3.47. The molecule has 0 spiro atoms. The number of halogens is 1. The van der Waals surface area contributed by atoms with Crippen LogP contribution in [0.15, 0.2) is 77.7 Å². The summed E-state index contributed by atoms with van der Waals surface area (Å²) in [5.41, 5.74) is 3.33. The average Bonchev–Trinajstić information content (AvgIpc) is 3.12. The van der Waals surface area contributed by atoms with E-state index in [9.17, 15) is 13.5 Å². The predicted octanol–water partition coefficient (Wildman–Crippen LogP) is 0.341. The summed E-state index contributed by atoms with van der Waals surface area (Å²) in [6, 6.07) is 21.3. The summed E-state index contributed by atoms with van der Waals surface area (Å²) < 4.78 is 35.6. The van der Waals surface area contributed by atoms with Crippen LogP contribution in [0.4, 0.5) is 5.69 Å². The first-order valence-electron chi connectivity index (χ1n) is 10.7. The topological polar surface area (TPSA) is 86.5 Å². The molecule has 4 aromatic rings. The van der Waals surface area contributed by atoms with E-state index in [1.165, 1.54) is 4.31 Å². The van der Waals surface area contributed by atoms with Crippen LogP contribution >= 0.6 is 0 Å². The number of methoxy groups -OCH3 is 1. The smallest absolute Gasteiger partial charge is 0.264 e. The number of benzene rings is 3. The van der Waals surface area contributed by atoms with Crippen LogP contribution in [-0.2, 0) is 16.6 Å². The molecule has 0 fully saturated rings. The van der Waals surface area contributed by atoms with Gasteiger partial charge in [0.1, 0.15) is 18.4 Å². The maximum atomic E-state index is 13.6. The van der Waals surface area contributed by atoms with E-state index in [2.05, 4.69) is 4.98 Å². The number of fused-ring (bicyclic) bond motifs is 1. The average molecular weight is 502 g/mol. The summed E-state index contributed by atoms with van der Waals surface area (Å²) in [6.45, 7) is 3.97. The highest BCUT2D eigenvalue weighted by atomic mass is 35.5. The molecule has 1 aromatic heterocycles. The van der Waals surface area contributed by atoms with Crippen LogP contribution in [0.5, 0.6) is 5.75 Å². The van der Waals surface area contributed by atoms with Crippen molar-refractivity contribution in [3.8, 4) is 5.75 Å². The van der Waals surface area contributed by atoms with E-state index in [0.717, 1.165) is 22.4 Å². The molecular weight excluding hydrogens is 474 g/mol. The number of aromatic nitrogens is 2. The molecule has 9 heteroatoms. The second-order valence-electron chi connectivity index (χ2n) is 8.04. The fourth-order valence-corrected chi connectivity index (χ4v) is 5.38. The first kappa shape index (κ1) is 25.6. The summed E-state index contributed by atoms with van der Waals surface area (Å²) in [5, 5.41) is 11.0. The maximum absolute atomic E-state index is 13.6. The van der Waals surface area contributed by atoms with E-state index in [-0.39, 0.29) is 30.4 Å². The molecular formula is C25H28ClN3O4S. The van der Waals surface area contributed by atoms with Crippen molar-refractivity contribution in [2.75, 3.05) is 18.0 Å². The minimum Gasteiger partial charge on any atom is -1.00 e. The number of nitrogens with one attached hydrogen (secondary N) is 1. The summed E-state index contributed by atoms with van der Waals surface area (Å²) in [7, 11) is -2.35. The second-order valence-corrected chi connectivity index (χ2v) is 9.90. The van der Waals surface area contributed by atoms with Gasteiger partial charge in [0.15, 0.2) is 11.0 Å². The molecule has 1 atom stereocenters. The lowest BCUT2D eigenvalue weighted by Crippen LogP contribution is -3.00. The molecule has 0 amide bonds. The standard InChI is InChI=1S/C25H27N3O4S.ClH/c1-18-8-14-23(15-9-18)33(30,31)28(20-10-12-22(32-3)13-11-20)17-21(29)16-27-19(2)26-24-6-4-5-7-25(24)27;/h4-15,21,29H,16-17H2,1-3H3;1H. The van der Waals surface area contributed by atoms with Crippen LogP contribution < -0.4 is 26.0 Å². The van der Waals surface area contributed by atoms with E-state index >= 15 is 0 Å². The largest absolute Gasteiger partial charge is 1.00 e. The fourth-order valence-electron chi connectivity index (χ4n) is 3.88. The normalized spacial score (nSPS) is 12.2. The van der Waals surface area contributed by atoms with Gasteiger partial charge in [0.2, 0.25) is 0 Å². The number of rotatable bonds is 8. The van der Waals surface area contributed by atoms with Crippen molar-refractivity contribution in [3.05, 3.63) is 84.2 Å². The predicted molar refractivity (Wildman–Crippen MR) is 128 cm³/mol. The summed E-state index contributed by atoms with van der Waals surface area (Å²) in [5.74, 6) is 1.50. The Morgan fingerprint density at radius 1 is 1.00 bits per heavy atom. The van der Waals surface area contributed by atoms with Crippen molar-refractivity contribution in [1.29, 1.82) is 0 Å². The number of aliphatic hydroxyl groups excluding tert-OH is 1. The Morgan fingerprint density at radius 2 is 1.65 bits per heavy atom. The van der Waals surface area contributed by atoms with E-state index in [0.29, 0.717) is 11.4 Å². The number of hydrogen-bond donors (Lipinski definition) is 2. The minimum atomic E-state index is -3.90. The highest BCUT2D eigenvalue weighted by Gasteiger charge is 2.29. The molecule has 34 heavy (non-hydrogen) atoms. The monoisotopic (exact) mass is 501 g/mol. The number of aliphatic hydroxyl groups is 1. The van der Waals surface area contributed by atoms with E-state index in [1.807, 2.05) is 42.7 Å². The Kier molecular flexibility index (Phi) is 7.86. The number of para-hydroxylation sites is 2. The van der Waals surface area contributed by atoms with Gasteiger partial charge in [-0.1, -0.05) is 29.8 Å². The Hall–Kier alpha value is -3.07. The number of ether oxygens (including phenoxy) is 1. The van der Waals surface area contributed by atoms with Crippen LogP contribution in [0.2, 0.25) is 0 Å². The maximum Gasteiger partial charge on any atom is 0.264 e. The third-order valence-corrected chi connectivity index (χ3v) is 7.46. The van der Waals surface area contributed by atoms with Gasteiger partial charge in [-0.25, -0.2) is 18.0 Å². The van der Waals surface area contributed by atoms with Crippen LogP contribution in [0.1, 0.15) is 11.4 Å². The molecule has 180 valence electrons. The number of hydrogen-bond acceptors (Lipinski definition) is 4. The first-order valence-corrected chi connectivity index (χ1v) is 12.1. The zero-order chi connectivity index (χ0) is 23.6. The summed E-state index contributed by atoms with van der Waals surface area (Å²) >= 11 is 0. The molecule has 4 rings (SSSR count). The number of aromatic amines is 1. The Bertz CT molecular complexity index is 1350. The number of imidazole rings is 1. The second kappa shape index (κ2) is 10.5. The Labute approximate surface area is 206 Å². The van der Waals surface area contributed by atoms with Crippen molar-refractivity contribution in [2.24, 2.45) is 0 Å². The van der Waals surface area contributed by atoms with Gasteiger partial charge in [0, 0.05) is 6.92 Å². The van der Waals surface area contributed by atoms with Crippen molar-refractivity contribution in [1.82, 2.24) is 4.98 Å². The minimum absolute atomic E-state index is 0. The van der Waals surface area contributed by atoms with Crippen LogP contribution in [0, 0.1) is 13.8 Å². The molecule has 3 aromatic carbocycles. The van der Waals surface area contributed by atoms with Gasteiger partial charge in [-0.05, 0) is 55.5 Å². The molecule has 0 saturated heterocycles. The molecule has 0 saturated carbocycles. The molecule has 0 bridgehead atoms. The van der Waals surface area contributed by atoms with Crippen LogP contribution in [0.25, 0.3) is 11.0 Å². The summed E-state index contributed by atoms with van der Waals surface area (Å²) in [6.07, 6.45) is -0.949. The molecule has 0 aliphatic heterocycles. The lowest BCUT2D eigenvalue weighted by molar-refractivity contribution is -0.684. The first-order chi connectivity index (χ1) is 15.8. The molecule has 2 N–H and O–H groups in total. The van der Waals surface area contributed by atoms with Gasteiger partial charge in [-0.2, -0.15) is 0 Å². The molecule has 0 radical (unpaired) electrons. The molecule has 7 nitrogen and oxygen atoms in total. The number of nitrogens with zero attached hydrogens (tertiary/aromatic N) is 2. The van der Waals surface area contributed by atoms with Crippen molar-refractivity contribution in [2.45, 2.75) is 31.4 Å². The van der Waals surface area contributed by atoms with Gasteiger partial charge >= 0.3 is 0 Å². The highest BCUT2D eigenvalue weighted by Crippen LogP contribution is 2.26. The quantitative estimate of drug-likeness (QED) is 0.341. The highest BCUT2D eigenvalue weighted by molar-refractivity contribution is 7.92. The SMILES string of the molecule is COc1ccc(N(CC(O)C[n+]2c(C)[nH]c3ccccc32)S(=O)(=O)c2ccc(C)cc2)cc1.[Cl-]. The van der Waals surface area contributed by atoms with E-state index < -0.39 is 16.1 Å². The lowest BCUT2D eigenvalue weighted by Gasteiger charge is -2.26. The number of anilines is 1. The van der Waals surface area contributed by atoms with Crippen molar-refractivity contribution < 1.29 is 35.2 Å². The van der Waals surface area contributed by atoms with Crippen LogP contribution in [-0.4, -0.2) is 38.3 Å². The third-order valence-electron chi connectivity index (χ3n) is 5.65. The fraction of sp³-hybridized carbons (Fsp3) is 0.240. The number of H-pyrrole nitrogens is 1. The molecule has 0 aliphatic rings. The zero-order valence-electron chi connectivity index (χ0n) is 19.3. The number of aryl methyl sites for hydroxylation is 2. The molecule has 1 unspecified atom stereocenters. The van der Waals surface area contributed by atoms with Gasteiger partial charge in [0.25, 0.3) is 15.8 Å². The van der Waals surface area contributed by atoms with Gasteiger partial charge in [-0.15, -0.1) is 0 Å². The zero-order valence-corrected chi connectivity index (χ0v) is 20.8. The Morgan fingerprint density at radius 3 is 2.29 bits per heavy atom. The van der Waals surface area contributed by atoms with E-state index in [1.54, 1.807) is 55.6 Å². The van der Waals surface area contributed by atoms with Gasteiger partial charge in [-0.3, -0.25) is 4.31 Å². The number of sulfonamides is 1. The molecule has 0 aliphatic carbocycles. The van der Waals surface area contributed by atoms with Gasteiger partial charge in [0.05, 0.1) is 24.2 Å². The molecule has 1 heterocycles. The third kappa shape index (κ3) is 5.19.